The number of rotatable bonds is 7. The Morgan fingerprint density at radius 3 is 2.56 bits per heavy atom. The Kier molecular flexibility index (Phi) is 6.61. The fraction of sp³-hybridized carbons (Fsp3) is 0.190. The first-order valence-corrected chi connectivity index (χ1v) is 9.86. The van der Waals surface area contributed by atoms with Crippen molar-refractivity contribution in [3.8, 4) is 0 Å². The van der Waals surface area contributed by atoms with E-state index in [1.54, 1.807) is 23.5 Å². The van der Waals surface area contributed by atoms with E-state index in [1.165, 1.54) is 12.1 Å². The molecule has 6 heteroatoms. The van der Waals surface area contributed by atoms with Crippen LogP contribution in [0, 0.1) is 5.82 Å². The number of benzene rings is 2. The molecule has 1 aromatic heterocycles. The average molecular weight is 403 g/mol. The molecule has 0 radical (unpaired) electrons. The van der Waals surface area contributed by atoms with E-state index in [0.29, 0.717) is 5.02 Å². The molecule has 1 heterocycles. The summed E-state index contributed by atoms with van der Waals surface area (Å²) in [7, 11) is 0. The minimum Gasteiger partial charge on any atom is -0.343 e. The summed E-state index contributed by atoms with van der Waals surface area (Å²) in [5.74, 6) is -0.432. The molecule has 2 atom stereocenters. The third-order valence-electron chi connectivity index (χ3n) is 4.25. The molecule has 0 spiro atoms. The quantitative estimate of drug-likeness (QED) is 0.577. The molecule has 2 aromatic carbocycles. The van der Waals surface area contributed by atoms with Gasteiger partial charge in [0.05, 0.1) is 12.6 Å². The van der Waals surface area contributed by atoms with Crippen LogP contribution < -0.4 is 10.6 Å². The van der Waals surface area contributed by atoms with E-state index in [2.05, 4.69) is 10.6 Å². The second-order valence-electron chi connectivity index (χ2n) is 6.23. The van der Waals surface area contributed by atoms with Crippen molar-refractivity contribution in [1.29, 1.82) is 0 Å². The van der Waals surface area contributed by atoms with E-state index in [4.69, 9.17) is 11.6 Å². The van der Waals surface area contributed by atoms with Crippen molar-refractivity contribution in [2.45, 2.75) is 19.0 Å². The van der Waals surface area contributed by atoms with Gasteiger partial charge in [0.15, 0.2) is 0 Å². The molecule has 0 aliphatic rings. The molecule has 0 unspecified atom stereocenters. The zero-order valence-corrected chi connectivity index (χ0v) is 16.4. The Morgan fingerprint density at radius 2 is 1.89 bits per heavy atom. The molecular formula is C21H20ClFN2OS. The molecule has 2 N–H and O–H groups in total. The maximum absolute atomic E-state index is 13.3. The van der Waals surface area contributed by atoms with E-state index in [-0.39, 0.29) is 30.4 Å². The Labute approximate surface area is 167 Å². The van der Waals surface area contributed by atoms with Gasteiger partial charge in [-0.15, -0.1) is 11.3 Å². The van der Waals surface area contributed by atoms with Gasteiger partial charge in [0.1, 0.15) is 5.82 Å². The molecule has 3 aromatic rings. The van der Waals surface area contributed by atoms with Gasteiger partial charge in [0.2, 0.25) is 5.91 Å². The second kappa shape index (κ2) is 9.13. The summed E-state index contributed by atoms with van der Waals surface area (Å²) in [4.78, 5) is 13.5. The van der Waals surface area contributed by atoms with Crippen LogP contribution in [0.1, 0.15) is 35.0 Å². The number of carbonyl (C=O) groups is 1. The summed E-state index contributed by atoms with van der Waals surface area (Å²) in [5, 5.41) is 8.87. The maximum Gasteiger partial charge on any atom is 0.234 e. The third kappa shape index (κ3) is 5.39. The lowest BCUT2D eigenvalue weighted by Gasteiger charge is -2.20. The number of halogens is 2. The van der Waals surface area contributed by atoms with Gasteiger partial charge in [-0.1, -0.05) is 41.9 Å². The summed E-state index contributed by atoms with van der Waals surface area (Å²) in [6.45, 7) is 2.15. The lowest BCUT2D eigenvalue weighted by Crippen LogP contribution is -2.37. The molecular weight excluding hydrogens is 383 g/mol. The molecule has 3 rings (SSSR count). The standard InChI is InChI=1S/C21H20ClFN2OS/c1-14(16-4-2-5-17(22)12-16)24-13-20(26)25-21(19-6-3-11-27-19)15-7-9-18(23)10-8-15/h2-12,14,21,24H,13H2,1H3,(H,25,26)/t14-,21-/m1/s1. The maximum atomic E-state index is 13.3. The van der Waals surface area contributed by atoms with Crippen LogP contribution in [0.5, 0.6) is 0 Å². The monoisotopic (exact) mass is 402 g/mol. The Balaban J connectivity index is 1.65. The van der Waals surface area contributed by atoms with Crippen molar-refractivity contribution < 1.29 is 9.18 Å². The largest absolute Gasteiger partial charge is 0.343 e. The van der Waals surface area contributed by atoms with Crippen molar-refractivity contribution >= 4 is 28.8 Å². The van der Waals surface area contributed by atoms with E-state index in [0.717, 1.165) is 16.0 Å². The van der Waals surface area contributed by atoms with Crippen molar-refractivity contribution in [2.24, 2.45) is 0 Å². The van der Waals surface area contributed by atoms with Crippen LogP contribution in [-0.2, 0) is 4.79 Å². The number of thiophene rings is 1. The van der Waals surface area contributed by atoms with Gasteiger partial charge in [0, 0.05) is 15.9 Å². The summed E-state index contributed by atoms with van der Waals surface area (Å²) >= 11 is 7.58. The van der Waals surface area contributed by atoms with Crippen molar-refractivity contribution in [2.75, 3.05) is 6.54 Å². The van der Waals surface area contributed by atoms with Crippen molar-refractivity contribution in [1.82, 2.24) is 10.6 Å². The van der Waals surface area contributed by atoms with Gasteiger partial charge in [-0.2, -0.15) is 0 Å². The first kappa shape index (κ1) is 19.5. The van der Waals surface area contributed by atoms with Crippen LogP contribution in [0.3, 0.4) is 0 Å². The molecule has 0 fully saturated rings. The van der Waals surface area contributed by atoms with E-state index >= 15 is 0 Å². The van der Waals surface area contributed by atoms with Gasteiger partial charge < -0.3 is 10.6 Å². The highest BCUT2D eigenvalue weighted by Gasteiger charge is 2.18. The van der Waals surface area contributed by atoms with Gasteiger partial charge >= 0.3 is 0 Å². The summed E-state index contributed by atoms with van der Waals surface area (Å²) in [6, 6.07) is 17.3. The molecule has 0 saturated carbocycles. The third-order valence-corrected chi connectivity index (χ3v) is 5.43. The number of amides is 1. The van der Waals surface area contributed by atoms with Gasteiger partial charge in [0.25, 0.3) is 0 Å². The number of nitrogens with one attached hydrogen (secondary N) is 2. The van der Waals surface area contributed by atoms with Crippen LogP contribution in [0.15, 0.2) is 66.0 Å². The molecule has 0 aliphatic carbocycles. The first-order valence-electron chi connectivity index (χ1n) is 8.60. The predicted molar refractivity (Wildman–Crippen MR) is 109 cm³/mol. The Morgan fingerprint density at radius 1 is 1.11 bits per heavy atom. The van der Waals surface area contributed by atoms with Crippen LogP contribution >= 0.6 is 22.9 Å². The van der Waals surface area contributed by atoms with E-state index in [9.17, 15) is 9.18 Å². The lowest BCUT2D eigenvalue weighted by atomic mass is 10.1. The average Bonchev–Trinajstić information content (AvgIpc) is 3.19. The van der Waals surface area contributed by atoms with Gasteiger partial charge in [-0.3, -0.25) is 4.79 Å². The molecule has 1 amide bonds. The number of carbonyl (C=O) groups excluding carboxylic acids is 1. The molecule has 27 heavy (non-hydrogen) atoms. The van der Waals surface area contributed by atoms with E-state index in [1.807, 2.05) is 48.7 Å². The zero-order chi connectivity index (χ0) is 19.2. The van der Waals surface area contributed by atoms with Crippen molar-refractivity contribution in [3.05, 3.63) is 92.9 Å². The summed E-state index contributed by atoms with van der Waals surface area (Å²) in [6.07, 6.45) is 0. The van der Waals surface area contributed by atoms with Gasteiger partial charge in [-0.05, 0) is 53.8 Å². The van der Waals surface area contributed by atoms with E-state index < -0.39 is 0 Å². The van der Waals surface area contributed by atoms with Crippen molar-refractivity contribution in [3.63, 3.8) is 0 Å². The fourth-order valence-electron chi connectivity index (χ4n) is 2.78. The smallest absolute Gasteiger partial charge is 0.234 e. The molecule has 140 valence electrons. The first-order chi connectivity index (χ1) is 13.0. The normalized spacial score (nSPS) is 13.1. The molecule has 0 aliphatic heterocycles. The SMILES string of the molecule is C[C@@H](NCC(=O)N[C@H](c1ccc(F)cc1)c1cccs1)c1cccc(Cl)c1. The predicted octanol–water partition coefficient (Wildman–Crippen LogP) is 5.10. The zero-order valence-electron chi connectivity index (χ0n) is 14.8. The fourth-order valence-corrected chi connectivity index (χ4v) is 3.78. The van der Waals surface area contributed by atoms with Crippen LogP contribution in [0.4, 0.5) is 4.39 Å². The highest BCUT2D eigenvalue weighted by atomic mass is 35.5. The van der Waals surface area contributed by atoms with Crippen LogP contribution in [0.2, 0.25) is 5.02 Å². The second-order valence-corrected chi connectivity index (χ2v) is 7.64. The van der Waals surface area contributed by atoms with Gasteiger partial charge in [-0.25, -0.2) is 4.39 Å². The minimum atomic E-state index is -0.304. The minimum absolute atomic E-state index is 0.0135. The Bertz CT molecular complexity index is 883. The lowest BCUT2D eigenvalue weighted by molar-refractivity contribution is -0.120. The molecule has 0 bridgehead atoms. The van der Waals surface area contributed by atoms with Crippen LogP contribution in [-0.4, -0.2) is 12.5 Å². The highest BCUT2D eigenvalue weighted by molar-refractivity contribution is 7.10. The summed E-state index contributed by atoms with van der Waals surface area (Å²) < 4.78 is 13.3. The number of hydrogen-bond donors (Lipinski definition) is 2. The van der Waals surface area contributed by atoms with Crippen LogP contribution in [0.25, 0.3) is 0 Å². The number of hydrogen-bond acceptors (Lipinski definition) is 3. The molecule has 3 nitrogen and oxygen atoms in total. The highest BCUT2D eigenvalue weighted by Crippen LogP contribution is 2.26. The topological polar surface area (TPSA) is 41.1 Å². The summed E-state index contributed by atoms with van der Waals surface area (Å²) in [5.41, 5.74) is 1.86. The Hall–Kier alpha value is -2.21. The molecule has 0 saturated heterocycles.